The minimum Gasteiger partial charge on any atom is -0.497 e. The molecule has 1 unspecified atom stereocenters. The summed E-state index contributed by atoms with van der Waals surface area (Å²) in [6.07, 6.45) is 3.74. The van der Waals surface area contributed by atoms with Gasteiger partial charge in [-0.3, -0.25) is 4.79 Å². The largest absolute Gasteiger partial charge is 0.497 e. The van der Waals surface area contributed by atoms with E-state index in [1.807, 2.05) is 36.1 Å². The monoisotopic (exact) mass is 305 g/mol. The lowest BCUT2D eigenvalue weighted by Crippen LogP contribution is -2.41. The highest BCUT2D eigenvalue weighted by Crippen LogP contribution is 2.23. The van der Waals surface area contributed by atoms with Crippen LogP contribution in [0.3, 0.4) is 0 Å². The lowest BCUT2D eigenvalue weighted by molar-refractivity contribution is -0.133. The summed E-state index contributed by atoms with van der Waals surface area (Å²) in [5, 5.41) is 9.89. The fourth-order valence-electron chi connectivity index (χ4n) is 3.07. The molecule has 1 heterocycles. The topological polar surface area (TPSA) is 49.8 Å². The molecule has 1 aliphatic rings. The van der Waals surface area contributed by atoms with Gasteiger partial charge >= 0.3 is 0 Å². The number of carbonyl (C=O) groups is 1. The van der Waals surface area contributed by atoms with Crippen molar-refractivity contribution in [1.29, 1.82) is 0 Å². The number of carbonyl (C=O) groups excluding carboxylic acids is 1. The first kappa shape index (κ1) is 16.8. The number of piperidine rings is 1. The normalized spacial score (nSPS) is 17.3. The van der Waals surface area contributed by atoms with Crippen molar-refractivity contribution in [3.8, 4) is 5.75 Å². The number of ether oxygens (including phenoxy) is 1. The van der Waals surface area contributed by atoms with E-state index < -0.39 is 0 Å². The van der Waals surface area contributed by atoms with Crippen LogP contribution in [0.2, 0.25) is 0 Å². The molecule has 0 saturated carbocycles. The molecule has 1 atom stereocenters. The Labute approximate surface area is 133 Å². The lowest BCUT2D eigenvalue weighted by atomic mass is 9.90. The van der Waals surface area contributed by atoms with Gasteiger partial charge in [-0.25, -0.2) is 0 Å². The smallest absolute Gasteiger partial charge is 0.222 e. The van der Waals surface area contributed by atoms with Crippen molar-refractivity contribution in [3.63, 3.8) is 0 Å². The summed E-state index contributed by atoms with van der Waals surface area (Å²) >= 11 is 0. The minimum atomic E-state index is -0.212. The van der Waals surface area contributed by atoms with E-state index in [0.717, 1.165) is 50.1 Å². The van der Waals surface area contributed by atoms with E-state index in [-0.39, 0.29) is 12.0 Å². The number of hydrogen-bond donors (Lipinski definition) is 1. The van der Waals surface area contributed by atoms with E-state index in [1.165, 1.54) is 0 Å². The molecule has 1 aromatic rings. The molecule has 0 radical (unpaired) electrons. The van der Waals surface area contributed by atoms with Gasteiger partial charge in [0.1, 0.15) is 5.75 Å². The Morgan fingerprint density at radius 2 is 1.95 bits per heavy atom. The maximum Gasteiger partial charge on any atom is 0.222 e. The third-order valence-corrected chi connectivity index (χ3v) is 4.64. The summed E-state index contributed by atoms with van der Waals surface area (Å²) in [4.78, 5) is 14.2. The Kier molecular flexibility index (Phi) is 6.25. The zero-order valence-corrected chi connectivity index (χ0v) is 13.6. The first-order valence-corrected chi connectivity index (χ1v) is 8.22. The van der Waals surface area contributed by atoms with Crippen LogP contribution in [-0.4, -0.2) is 42.2 Å². The van der Waals surface area contributed by atoms with Crippen LogP contribution in [0.4, 0.5) is 0 Å². The van der Waals surface area contributed by atoms with Gasteiger partial charge in [0, 0.05) is 19.5 Å². The zero-order valence-electron chi connectivity index (χ0n) is 13.6. The van der Waals surface area contributed by atoms with Gasteiger partial charge < -0.3 is 14.7 Å². The summed E-state index contributed by atoms with van der Waals surface area (Å²) in [7, 11) is 1.65. The first-order chi connectivity index (χ1) is 10.6. The van der Waals surface area contributed by atoms with E-state index in [2.05, 4.69) is 0 Å². The number of hydrogen-bond acceptors (Lipinski definition) is 3. The van der Waals surface area contributed by atoms with Crippen LogP contribution < -0.4 is 4.74 Å². The zero-order chi connectivity index (χ0) is 15.9. The van der Waals surface area contributed by atoms with Gasteiger partial charge in [-0.1, -0.05) is 19.1 Å². The highest BCUT2D eigenvalue weighted by Gasteiger charge is 2.26. The third-order valence-electron chi connectivity index (χ3n) is 4.64. The average molecular weight is 305 g/mol. The molecule has 4 heteroatoms. The maximum absolute atomic E-state index is 12.3. The highest BCUT2D eigenvalue weighted by atomic mass is 16.5. The van der Waals surface area contributed by atoms with Crippen molar-refractivity contribution in [2.75, 3.05) is 20.2 Å². The van der Waals surface area contributed by atoms with Gasteiger partial charge in [-0.05, 0) is 49.3 Å². The molecule has 22 heavy (non-hydrogen) atoms. The van der Waals surface area contributed by atoms with Gasteiger partial charge in [0.05, 0.1) is 13.2 Å². The molecule has 1 amide bonds. The van der Waals surface area contributed by atoms with Gasteiger partial charge in [0.2, 0.25) is 5.91 Å². The Morgan fingerprint density at radius 3 is 2.50 bits per heavy atom. The molecule has 2 rings (SSSR count). The summed E-state index contributed by atoms with van der Waals surface area (Å²) in [5.41, 5.74) is 1.16. The van der Waals surface area contributed by atoms with E-state index in [0.29, 0.717) is 12.3 Å². The predicted octanol–water partition coefficient (Wildman–Crippen LogP) is 2.64. The molecule has 0 spiro atoms. The number of benzene rings is 1. The van der Waals surface area contributed by atoms with Crippen LogP contribution in [0, 0.1) is 5.92 Å². The van der Waals surface area contributed by atoms with Crippen molar-refractivity contribution >= 4 is 5.91 Å². The summed E-state index contributed by atoms with van der Waals surface area (Å²) in [5.74, 6) is 1.42. The van der Waals surface area contributed by atoms with Crippen LogP contribution in [0.1, 0.15) is 38.2 Å². The standard InChI is InChI=1S/C18H27NO3/c1-3-17(20)15-10-12-19(13-11-15)18(21)9-6-14-4-7-16(22-2)8-5-14/h4-5,7-8,15,17,20H,3,6,9-13H2,1-2H3. The average Bonchev–Trinajstić information content (AvgIpc) is 2.59. The van der Waals surface area contributed by atoms with E-state index in [1.54, 1.807) is 7.11 Å². The second kappa shape index (κ2) is 8.18. The second-order valence-corrected chi connectivity index (χ2v) is 6.04. The molecule has 0 aromatic heterocycles. The fraction of sp³-hybridized carbons (Fsp3) is 0.611. The molecule has 122 valence electrons. The highest BCUT2D eigenvalue weighted by molar-refractivity contribution is 5.76. The number of nitrogens with zero attached hydrogens (tertiary/aromatic N) is 1. The summed E-state index contributed by atoms with van der Waals surface area (Å²) < 4.78 is 5.13. The Bertz CT molecular complexity index is 464. The van der Waals surface area contributed by atoms with Crippen LogP contribution >= 0.6 is 0 Å². The molecule has 1 aliphatic heterocycles. The number of amides is 1. The molecule has 1 fully saturated rings. The number of likely N-dealkylation sites (tertiary alicyclic amines) is 1. The van der Waals surface area contributed by atoms with Gasteiger partial charge in [0.25, 0.3) is 0 Å². The molecule has 1 N–H and O–H groups in total. The fourth-order valence-corrected chi connectivity index (χ4v) is 3.07. The van der Waals surface area contributed by atoms with Crippen molar-refractivity contribution < 1.29 is 14.6 Å². The van der Waals surface area contributed by atoms with Gasteiger partial charge in [0.15, 0.2) is 0 Å². The molecular weight excluding hydrogens is 278 g/mol. The Balaban J connectivity index is 1.76. The molecule has 0 bridgehead atoms. The summed E-state index contributed by atoms with van der Waals surface area (Å²) in [6.45, 7) is 3.57. The first-order valence-electron chi connectivity index (χ1n) is 8.22. The van der Waals surface area contributed by atoms with E-state index >= 15 is 0 Å². The quantitative estimate of drug-likeness (QED) is 0.879. The molecule has 1 aromatic carbocycles. The maximum atomic E-state index is 12.3. The lowest BCUT2D eigenvalue weighted by Gasteiger charge is -2.34. The van der Waals surface area contributed by atoms with Crippen molar-refractivity contribution in [3.05, 3.63) is 29.8 Å². The molecule has 4 nitrogen and oxygen atoms in total. The Hall–Kier alpha value is -1.55. The van der Waals surface area contributed by atoms with Crippen LogP contribution in [0.5, 0.6) is 5.75 Å². The Morgan fingerprint density at radius 1 is 1.32 bits per heavy atom. The van der Waals surface area contributed by atoms with Crippen LogP contribution in [0.25, 0.3) is 0 Å². The number of methoxy groups -OCH3 is 1. The van der Waals surface area contributed by atoms with Crippen LogP contribution in [0.15, 0.2) is 24.3 Å². The minimum absolute atomic E-state index is 0.212. The number of aliphatic hydroxyl groups is 1. The van der Waals surface area contributed by atoms with Gasteiger partial charge in [-0.15, -0.1) is 0 Å². The number of aryl methyl sites for hydroxylation is 1. The second-order valence-electron chi connectivity index (χ2n) is 6.04. The van der Waals surface area contributed by atoms with E-state index in [4.69, 9.17) is 4.74 Å². The summed E-state index contributed by atoms with van der Waals surface area (Å²) in [6, 6.07) is 7.88. The number of rotatable bonds is 6. The third kappa shape index (κ3) is 4.47. The van der Waals surface area contributed by atoms with E-state index in [9.17, 15) is 9.90 Å². The molecule has 1 saturated heterocycles. The number of aliphatic hydroxyl groups excluding tert-OH is 1. The molecule has 0 aliphatic carbocycles. The van der Waals surface area contributed by atoms with Crippen LogP contribution in [-0.2, 0) is 11.2 Å². The van der Waals surface area contributed by atoms with Crippen molar-refractivity contribution in [2.24, 2.45) is 5.92 Å². The SMILES string of the molecule is CCC(O)C1CCN(C(=O)CCc2ccc(OC)cc2)CC1. The van der Waals surface area contributed by atoms with Crippen molar-refractivity contribution in [2.45, 2.75) is 45.1 Å². The van der Waals surface area contributed by atoms with Gasteiger partial charge in [-0.2, -0.15) is 0 Å². The van der Waals surface area contributed by atoms with Crippen molar-refractivity contribution in [1.82, 2.24) is 4.90 Å². The molecular formula is C18H27NO3. The predicted molar refractivity (Wildman–Crippen MR) is 86.9 cm³/mol.